The Labute approximate surface area is 446 Å². The second-order valence-corrected chi connectivity index (χ2v) is 24.8. The van der Waals surface area contributed by atoms with Crippen LogP contribution in [0.1, 0.15) is 106 Å². The molecule has 11 aromatic rings. The van der Waals surface area contributed by atoms with Gasteiger partial charge in [0.15, 0.2) is 0 Å². The first-order chi connectivity index (χ1) is 36.7. The molecule has 10 aromatic carbocycles. The molecule has 1 aromatic heterocycles. The molecule has 368 valence electrons. The van der Waals surface area contributed by atoms with Gasteiger partial charge < -0.3 is 9.32 Å². The summed E-state index contributed by atoms with van der Waals surface area (Å²) in [5, 5.41) is 7.63. The zero-order valence-corrected chi connectivity index (χ0v) is 44.7. The monoisotopic (exact) mass is 979 g/mol. The van der Waals surface area contributed by atoms with E-state index in [1.165, 1.54) is 94.0 Å². The summed E-state index contributed by atoms with van der Waals surface area (Å²) in [5.41, 5.74) is 22.9. The summed E-state index contributed by atoms with van der Waals surface area (Å²) in [6, 6.07) is 73.9. The van der Waals surface area contributed by atoms with Gasteiger partial charge in [0.25, 0.3) is 0 Å². The second-order valence-electron chi connectivity index (χ2n) is 24.8. The molecule has 15 rings (SSSR count). The van der Waals surface area contributed by atoms with E-state index in [0.717, 1.165) is 44.4 Å². The average Bonchev–Trinajstić information content (AvgIpc) is 4.18. The quantitative estimate of drug-likeness (QED) is 0.175. The van der Waals surface area contributed by atoms with Gasteiger partial charge in [0.2, 0.25) is 0 Å². The highest BCUT2D eigenvalue weighted by molar-refractivity contribution is 6.15. The number of furan rings is 1. The molecule has 0 N–H and O–H groups in total. The topological polar surface area (TPSA) is 16.4 Å². The van der Waals surface area contributed by atoms with E-state index < -0.39 is 5.41 Å². The highest BCUT2D eigenvalue weighted by Crippen LogP contribution is 2.65. The lowest BCUT2D eigenvalue weighted by Gasteiger charge is -2.42. The van der Waals surface area contributed by atoms with E-state index in [1.807, 2.05) is 0 Å². The first-order valence-corrected chi connectivity index (χ1v) is 27.4. The summed E-state index contributed by atoms with van der Waals surface area (Å²) in [6.07, 6.45) is 7.49. The number of para-hydroxylation sites is 2. The van der Waals surface area contributed by atoms with Crippen molar-refractivity contribution in [1.29, 1.82) is 0 Å². The fourth-order valence-electron chi connectivity index (χ4n) is 14.8. The third-order valence-corrected chi connectivity index (χ3v) is 18.2. The highest BCUT2D eigenvalue weighted by atomic mass is 16.3. The Bertz CT molecular complexity index is 4350. The average molecular weight is 980 g/mol. The SMILES string of the molecule is CC(C)(C)c1cc2c(c3ccccc13)-c1ccc(C(C)(C)C)c3cccc(c13)C21c2ccccc2-c2ccc(N(C3=CC4C(C=C3)c3ccccc3C4(C)C)c3ccc(-c4cccc5c4oc4ccccc45)cc3)cc21. The maximum atomic E-state index is 6.60. The van der Waals surface area contributed by atoms with Gasteiger partial charge in [-0.2, -0.15) is 0 Å². The molecule has 2 heteroatoms. The van der Waals surface area contributed by atoms with Gasteiger partial charge in [0, 0.05) is 39.3 Å². The van der Waals surface area contributed by atoms with Crippen molar-refractivity contribution in [3.63, 3.8) is 0 Å². The fourth-order valence-corrected chi connectivity index (χ4v) is 14.8. The third kappa shape index (κ3) is 6.10. The van der Waals surface area contributed by atoms with Gasteiger partial charge in [-0.25, -0.2) is 0 Å². The molecule has 0 amide bonds. The molecule has 3 unspecified atom stereocenters. The summed E-state index contributed by atoms with van der Waals surface area (Å²) in [6.45, 7) is 19.1. The molecule has 4 aliphatic rings. The Kier molecular flexibility index (Phi) is 9.33. The van der Waals surface area contributed by atoms with E-state index in [-0.39, 0.29) is 22.2 Å². The lowest BCUT2D eigenvalue weighted by Crippen LogP contribution is -2.33. The van der Waals surface area contributed by atoms with Crippen LogP contribution >= 0.6 is 0 Å². The summed E-state index contributed by atoms with van der Waals surface area (Å²) >= 11 is 0. The van der Waals surface area contributed by atoms with Crippen LogP contribution in [0, 0.1) is 5.92 Å². The van der Waals surface area contributed by atoms with Crippen molar-refractivity contribution < 1.29 is 4.42 Å². The number of anilines is 2. The molecule has 0 saturated carbocycles. The van der Waals surface area contributed by atoms with Crippen LogP contribution in [0.2, 0.25) is 0 Å². The van der Waals surface area contributed by atoms with Gasteiger partial charge in [-0.05, 0) is 152 Å². The molecule has 2 nitrogen and oxygen atoms in total. The first-order valence-electron chi connectivity index (χ1n) is 27.4. The summed E-state index contributed by atoms with van der Waals surface area (Å²) in [4.78, 5) is 2.55. The molecular weight excluding hydrogens is 919 g/mol. The smallest absolute Gasteiger partial charge is 0.143 e. The third-order valence-electron chi connectivity index (χ3n) is 18.2. The van der Waals surface area contributed by atoms with Crippen LogP contribution in [0.25, 0.3) is 76.9 Å². The molecule has 0 radical (unpaired) electrons. The van der Waals surface area contributed by atoms with Gasteiger partial charge >= 0.3 is 0 Å². The molecule has 3 atom stereocenters. The molecule has 76 heavy (non-hydrogen) atoms. The van der Waals surface area contributed by atoms with E-state index in [2.05, 4.69) is 273 Å². The molecule has 0 bridgehead atoms. The minimum Gasteiger partial charge on any atom is -0.455 e. The van der Waals surface area contributed by atoms with Crippen LogP contribution in [-0.4, -0.2) is 0 Å². The maximum Gasteiger partial charge on any atom is 0.143 e. The van der Waals surface area contributed by atoms with Crippen molar-refractivity contribution in [3.8, 4) is 33.4 Å². The second kappa shape index (κ2) is 15.7. The Hall–Kier alpha value is -8.20. The molecule has 0 aliphatic heterocycles. The number of rotatable bonds is 4. The van der Waals surface area contributed by atoms with Gasteiger partial charge in [-0.1, -0.05) is 231 Å². The Morgan fingerprint density at radius 1 is 0.461 bits per heavy atom. The van der Waals surface area contributed by atoms with Crippen LogP contribution in [0.15, 0.2) is 222 Å². The number of hydrogen-bond donors (Lipinski definition) is 0. The summed E-state index contributed by atoms with van der Waals surface area (Å²) in [5.74, 6) is 0.591. The van der Waals surface area contributed by atoms with Gasteiger partial charge in [-0.15, -0.1) is 0 Å². The van der Waals surface area contributed by atoms with Crippen molar-refractivity contribution in [1.82, 2.24) is 0 Å². The van der Waals surface area contributed by atoms with Crippen LogP contribution in [0.4, 0.5) is 11.4 Å². The van der Waals surface area contributed by atoms with E-state index in [9.17, 15) is 0 Å². The fraction of sp³-hybridized carbons (Fsp3) is 0.189. The summed E-state index contributed by atoms with van der Waals surface area (Å²) in [7, 11) is 0. The molecule has 1 heterocycles. The zero-order valence-electron chi connectivity index (χ0n) is 44.7. The minimum absolute atomic E-state index is 0.0565. The number of fused-ring (bicyclic) bond motifs is 17. The lowest BCUT2D eigenvalue weighted by atomic mass is 9.59. The molecule has 4 aliphatic carbocycles. The maximum absolute atomic E-state index is 6.60. The predicted molar refractivity (Wildman–Crippen MR) is 319 cm³/mol. The highest BCUT2D eigenvalue weighted by Gasteiger charge is 2.52. The van der Waals surface area contributed by atoms with E-state index in [1.54, 1.807) is 0 Å². The molecule has 0 saturated heterocycles. The van der Waals surface area contributed by atoms with Gasteiger partial charge in [0.1, 0.15) is 11.2 Å². The van der Waals surface area contributed by atoms with Crippen molar-refractivity contribution in [2.24, 2.45) is 5.92 Å². The van der Waals surface area contributed by atoms with E-state index >= 15 is 0 Å². The first kappa shape index (κ1) is 45.2. The van der Waals surface area contributed by atoms with Crippen molar-refractivity contribution in [3.05, 3.63) is 263 Å². The Balaban J connectivity index is 1.01. The number of benzene rings is 10. The molecule has 1 spiro atoms. The van der Waals surface area contributed by atoms with Gasteiger partial charge in [0.05, 0.1) is 5.41 Å². The standard InChI is InChI=1S/C74H61NO/c1-71(2,3)59-40-39-58-68-55-23-10-9-21-51(55)63(72(4,5)6)43-66(68)74(62-29-18-26-57(59)69(58)62)61-28-15-12-20-50(61)53-38-36-47(42-65(53)74)75(46-35-37-52-49-19-11-14-27-60(49)73(7,8)64(52)41-46)45-33-31-44(32-34-45)48-24-17-25-56-54-22-13-16-30-67(54)76-70(48)56/h9-43,52,64H,1-8H3. The van der Waals surface area contributed by atoms with Crippen molar-refractivity contribution >= 4 is 54.9 Å². The number of allylic oxidation sites excluding steroid dienone is 3. The Morgan fingerprint density at radius 3 is 1.88 bits per heavy atom. The van der Waals surface area contributed by atoms with Crippen LogP contribution < -0.4 is 4.90 Å². The zero-order chi connectivity index (χ0) is 51.6. The molecule has 0 fully saturated rings. The number of hydrogen-bond acceptors (Lipinski definition) is 2. The van der Waals surface area contributed by atoms with Crippen LogP contribution in [0.5, 0.6) is 0 Å². The van der Waals surface area contributed by atoms with Crippen molar-refractivity contribution in [2.75, 3.05) is 4.90 Å². The van der Waals surface area contributed by atoms with Crippen LogP contribution in [-0.2, 0) is 21.7 Å². The van der Waals surface area contributed by atoms with Crippen LogP contribution in [0.3, 0.4) is 0 Å². The van der Waals surface area contributed by atoms with E-state index in [4.69, 9.17) is 4.42 Å². The van der Waals surface area contributed by atoms with Crippen molar-refractivity contribution in [2.45, 2.75) is 83.0 Å². The summed E-state index contributed by atoms with van der Waals surface area (Å²) < 4.78 is 6.60. The largest absolute Gasteiger partial charge is 0.455 e. The minimum atomic E-state index is -0.637. The lowest BCUT2D eigenvalue weighted by molar-refractivity contribution is 0.392. The number of nitrogens with zero attached hydrogens (tertiary/aromatic N) is 1. The normalized spacial score (nSPS) is 18.7. The van der Waals surface area contributed by atoms with E-state index in [0.29, 0.717) is 5.92 Å². The van der Waals surface area contributed by atoms with Gasteiger partial charge in [-0.3, -0.25) is 0 Å². The molecular formula is C74H61NO. The predicted octanol–water partition coefficient (Wildman–Crippen LogP) is 19.8. The Morgan fingerprint density at radius 2 is 1.08 bits per heavy atom.